The summed E-state index contributed by atoms with van der Waals surface area (Å²) in [7, 11) is 0. The van der Waals surface area contributed by atoms with Gasteiger partial charge >= 0.3 is 0 Å². The van der Waals surface area contributed by atoms with Crippen LogP contribution in [-0.2, 0) is 0 Å². The summed E-state index contributed by atoms with van der Waals surface area (Å²) in [6, 6.07) is 0.528. The van der Waals surface area contributed by atoms with Crippen molar-refractivity contribution in [3.8, 4) is 0 Å². The fraction of sp³-hybridized carbons (Fsp3) is 0.833. The Morgan fingerprint density at radius 3 is 2.43 bits per heavy atom. The van der Waals surface area contributed by atoms with Crippen molar-refractivity contribution >= 4 is 6.72 Å². The van der Waals surface area contributed by atoms with Gasteiger partial charge in [0.15, 0.2) is 0 Å². The van der Waals surface area contributed by atoms with Crippen LogP contribution in [0, 0.1) is 5.92 Å². The van der Waals surface area contributed by atoms with E-state index >= 15 is 0 Å². The minimum atomic E-state index is 0.528. The Morgan fingerprint density at radius 2 is 2.29 bits per heavy atom. The standard InChI is InChI=1S/C6H11N/c1-5(7-2)6-3-4-6/h5-6H,2-4H2,1H3. The molecule has 0 aromatic heterocycles. The van der Waals surface area contributed by atoms with Crippen LogP contribution >= 0.6 is 0 Å². The van der Waals surface area contributed by atoms with Crippen molar-refractivity contribution in [3.05, 3.63) is 0 Å². The lowest BCUT2D eigenvalue weighted by Gasteiger charge is -1.97. The summed E-state index contributed by atoms with van der Waals surface area (Å²) in [4.78, 5) is 3.90. The maximum Gasteiger partial charge on any atom is 0.0492 e. The average molecular weight is 97.2 g/mol. The molecule has 7 heavy (non-hydrogen) atoms. The molecule has 0 spiro atoms. The lowest BCUT2D eigenvalue weighted by molar-refractivity contribution is 0.657. The van der Waals surface area contributed by atoms with Crippen molar-refractivity contribution in [2.75, 3.05) is 0 Å². The molecule has 0 aliphatic heterocycles. The Labute approximate surface area is 44.5 Å². The minimum Gasteiger partial charge on any atom is -0.298 e. The topological polar surface area (TPSA) is 12.4 Å². The zero-order chi connectivity index (χ0) is 5.28. The predicted molar refractivity (Wildman–Crippen MR) is 31.7 cm³/mol. The molecule has 1 aliphatic carbocycles. The Morgan fingerprint density at radius 1 is 1.71 bits per heavy atom. The van der Waals surface area contributed by atoms with Crippen molar-refractivity contribution in [1.82, 2.24) is 0 Å². The van der Waals surface area contributed by atoms with Gasteiger partial charge in [-0.15, -0.1) is 0 Å². The fourth-order valence-corrected chi connectivity index (χ4v) is 0.728. The summed E-state index contributed by atoms with van der Waals surface area (Å²) in [5, 5.41) is 0. The van der Waals surface area contributed by atoms with Gasteiger partial charge in [0, 0.05) is 6.04 Å². The molecule has 1 heteroatoms. The Hall–Kier alpha value is -0.330. The van der Waals surface area contributed by atoms with E-state index in [1.165, 1.54) is 12.8 Å². The molecule has 1 unspecified atom stereocenters. The molecule has 0 heterocycles. The predicted octanol–water partition coefficient (Wildman–Crippen LogP) is 1.49. The highest BCUT2D eigenvalue weighted by molar-refractivity contribution is 5.24. The van der Waals surface area contributed by atoms with E-state index in [-0.39, 0.29) is 0 Å². The second kappa shape index (κ2) is 1.65. The second-order valence-corrected chi connectivity index (χ2v) is 2.26. The van der Waals surface area contributed by atoms with E-state index in [2.05, 4.69) is 18.6 Å². The molecular formula is C6H11N. The van der Waals surface area contributed by atoms with Crippen LogP contribution in [0.25, 0.3) is 0 Å². The highest BCUT2D eigenvalue weighted by Gasteiger charge is 2.26. The molecular weight excluding hydrogens is 86.1 g/mol. The van der Waals surface area contributed by atoms with Gasteiger partial charge < -0.3 is 0 Å². The SMILES string of the molecule is C=NC(C)C1CC1. The highest BCUT2D eigenvalue weighted by Crippen LogP contribution is 2.33. The molecule has 1 atom stereocenters. The van der Waals surface area contributed by atoms with E-state index in [4.69, 9.17) is 0 Å². The molecule has 1 rings (SSSR count). The van der Waals surface area contributed by atoms with Crippen LogP contribution < -0.4 is 0 Å². The molecule has 1 fully saturated rings. The van der Waals surface area contributed by atoms with Gasteiger partial charge in [-0.2, -0.15) is 0 Å². The maximum absolute atomic E-state index is 3.90. The van der Waals surface area contributed by atoms with E-state index in [1.807, 2.05) is 0 Å². The summed E-state index contributed by atoms with van der Waals surface area (Å²) < 4.78 is 0. The van der Waals surface area contributed by atoms with Crippen LogP contribution in [0.1, 0.15) is 19.8 Å². The van der Waals surface area contributed by atoms with Crippen LogP contribution in [0.2, 0.25) is 0 Å². The second-order valence-electron chi connectivity index (χ2n) is 2.26. The lowest BCUT2D eigenvalue weighted by Crippen LogP contribution is -1.97. The lowest BCUT2D eigenvalue weighted by atomic mass is 10.2. The highest BCUT2D eigenvalue weighted by atomic mass is 14.8. The van der Waals surface area contributed by atoms with E-state index in [1.54, 1.807) is 0 Å². The first kappa shape index (κ1) is 4.82. The van der Waals surface area contributed by atoms with Crippen LogP contribution in [0.4, 0.5) is 0 Å². The largest absolute Gasteiger partial charge is 0.298 e. The molecule has 0 aromatic rings. The first-order chi connectivity index (χ1) is 3.34. The summed E-state index contributed by atoms with van der Waals surface area (Å²) >= 11 is 0. The number of rotatable bonds is 2. The molecule has 1 nitrogen and oxygen atoms in total. The number of nitrogens with zero attached hydrogens (tertiary/aromatic N) is 1. The van der Waals surface area contributed by atoms with Gasteiger partial charge in [0.05, 0.1) is 0 Å². The Kier molecular flexibility index (Phi) is 1.13. The molecule has 1 aliphatic rings. The van der Waals surface area contributed by atoms with E-state index in [0.717, 1.165) is 5.92 Å². The van der Waals surface area contributed by atoms with Crippen LogP contribution in [0.15, 0.2) is 4.99 Å². The van der Waals surface area contributed by atoms with Gasteiger partial charge in [0.1, 0.15) is 0 Å². The van der Waals surface area contributed by atoms with Gasteiger partial charge in [0.25, 0.3) is 0 Å². The van der Waals surface area contributed by atoms with Crippen LogP contribution in [0.3, 0.4) is 0 Å². The first-order valence-corrected chi connectivity index (χ1v) is 2.80. The molecule has 0 amide bonds. The van der Waals surface area contributed by atoms with Crippen LogP contribution in [0.5, 0.6) is 0 Å². The Bertz CT molecular complexity index is 74.2. The van der Waals surface area contributed by atoms with Gasteiger partial charge in [-0.25, -0.2) is 0 Å². The fourth-order valence-electron chi connectivity index (χ4n) is 0.728. The molecule has 0 N–H and O–H groups in total. The van der Waals surface area contributed by atoms with Crippen molar-refractivity contribution in [2.45, 2.75) is 25.8 Å². The van der Waals surface area contributed by atoms with Gasteiger partial charge in [0.2, 0.25) is 0 Å². The van der Waals surface area contributed by atoms with E-state index < -0.39 is 0 Å². The third kappa shape index (κ3) is 1.02. The summed E-state index contributed by atoms with van der Waals surface area (Å²) in [6.45, 7) is 5.60. The maximum atomic E-state index is 3.90. The van der Waals surface area contributed by atoms with Crippen molar-refractivity contribution in [2.24, 2.45) is 10.9 Å². The zero-order valence-electron chi connectivity index (χ0n) is 4.72. The number of hydrogen-bond donors (Lipinski definition) is 0. The number of aliphatic imine (C=N–C) groups is 1. The van der Waals surface area contributed by atoms with Gasteiger partial charge in [-0.1, -0.05) is 0 Å². The quantitative estimate of drug-likeness (QED) is 0.463. The summed E-state index contributed by atoms with van der Waals surface area (Å²) in [6.07, 6.45) is 2.75. The van der Waals surface area contributed by atoms with E-state index in [9.17, 15) is 0 Å². The monoisotopic (exact) mass is 97.1 g/mol. The van der Waals surface area contributed by atoms with Gasteiger partial charge in [-0.3, -0.25) is 4.99 Å². The van der Waals surface area contributed by atoms with Crippen LogP contribution in [-0.4, -0.2) is 12.8 Å². The third-order valence-corrected chi connectivity index (χ3v) is 1.59. The van der Waals surface area contributed by atoms with E-state index in [0.29, 0.717) is 6.04 Å². The molecule has 40 valence electrons. The van der Waals surface area contributed by atoms with Crippen molar-refractivity contribution in [3.63, 3.8) is 0 Å². The molecule has 0 saturated heterocycles. The molecule has 0 bridgehead atoms. The molecule has 0 aromatic carbocycles. The zero-order valence-corrected chi connectivity index (χ0v) is 4.72. The van der Waals surface area contributed by atoms with Gasteiger partial charge in [-0.05, 0) is 32.4 Å². The number of hydrogen-bond acceptors (Lipinski definition) is 1. The third-order valence-electron chi connectivity index (χ3n) is 1.59. The smallest absolute Gasteiger partial charge is 0.0492 e. The van der Waals surface area contributed by atoms with Crippen molar-refractivity contribution < 1.29 is 0 Å². The first-order valence-electron chi connectivity index (χ1n) is 2.80. The minimum absolute atomic E-state index is 0.528. The van der Waals surface area contributed by atoms with Crippen molar-refractivity contribution in [1.29, 1.82) is 0 Å². The Balaban J connectivity index is 2.22. The molecule has 1 saturated carbocycles. The molecule has 0 radical (unpaired) electrons. The average Bonchev–Trinajstić information content (AvgIpc) is 2.44. The normalized spacial score (nSPS) is 24.1. The summed E-state index contributed by atoms with van der Waals surface area (Å²) in [5.74, 6) is 0.887. The summed E-state index contributed by atoms with van der Waals surface area (Å²) in [5.41, 5.74) is 0.